The van der Waals surface area contributed by atoms with E-state index in [0.29, 0.717) is 22.7 Å². The molecule has 24 heteroatoms. The first-order valence-corrected chi connectivity index (χ1v) is 18.7. The summed E-state index contributed by atoms with van der Waals surface area (Å²) in [6.07, 6.45) is 5.50. The second kappa shape index (κ2) is 12.7. The number of hydrogen-bond donors (Lipinski definition) is 0. The molecule has 5 rings (SSSR count). The molecular formula is C29H22F12N2O6S4. The first-order chi connectivity index (χ1) is 23.9. The summed E-state index contributed by atoms with van der Waals surface area (Å²) < 4.78 is 225. The highest BCUT2D eigenvalue weighted by atomic mass is 32.2. The van der Waals surface area contributed by atoms with Crippen LogP contribution < -0.4 is 0 Å². The van der Waals surface area contributed by atoms with E-state index in [1.165, 1.54) is 23.9 Å². The molecule has 0 saturated heterocycles. The fourth-order valence-electron chi connectivity index (χ4n) is 5.48. The molecule has 292 valence electrons. The van der Waals surface area contributed by atoms with Crippen LogP contribution in [0, 0.1) is 13.8 Å². The van der Waals surface area contributed by atoms with E-state index in [-0.39, 0.29) is 19.5 Å². The number of likely N-dealkylation sites (N-methyl/N-ethyl adjacent to an activating group) is 2. The lowest BCUT2D eigenvalue weighted by atomic mass is 9.94. The molecule has 0 spiro atoms. The van der Waals surface area contributed by atoms with Crippen LogP contribution in [0.3, 0.4) is 0 Å². The number of rotatable bonds is 8. The molecule has 2 aliphatic heterocycles. The van der Waals surface area contributed by atoms with Gasteiger partial charge in [0.2, 0.25) is 0 Å². The van der Waals surface area contributed by atoms with Crippen LogP contribution in [0.1, 0.15) is 42.7 Å². The van der Waals surface area contributed by atoms with Crippen LogP contribution in [-0.2, 0) is 28.6 Å². The Balaban J connectivity index is 1.63. The quantitative estimate of drug-likeness (QED) is 0.148. The van der Waals surface area contributed by atoms with Crippen molar-refractivity contribution in [1.82, 2.24) is 9.80 Å². The molecular weight excluding hydrogens is 829 g/mol. The number of alkyl halides is 12. The van der Waals surface area contributed by atoms with E-state index in [1.54, 1.807) is 0 Å². The Morgan fingerprint density at radius 3 is 1.26 bits per heavy atom. The van der Waals surface area contributed by atoms with Gasteiger partial charge in [-0.25, -0.2) is 0 Å². The third-order valence-electron chi connectivity index (χ3n) is 8.11. The van der Waals surface area contributed by atoms with Crippen molar-refractivity contribution in [3.8, 4) is 0 Å². The van der Waals surface area contributed by atoms with Gasteiger partial charge in [0.05, 0.1) is 12.1 Å². The Morgan fingerprint density at radius 1 is 0.642 bits per heavy atom. The molecule has 0 aromatic carbocycles. The van der Waals surface area contributed by atoms with Gasteiger partial charge < -0.3 is 18.2 Å². The normalized spacial score (nSPS) is 23.0. The smallest absolute Gasteiger partial charge is 0.376 e. The van der Waals surface area contributed by atoms with Crippen LogP contribution in [0.25, 0.3) is 11.1 Å². The number of hydrogen-bond acceptors (Lipinski definition) is 10. The van der Waals surface area contributed by atoms with Crippen LogP contribution in [0.15, 0.2) is 60.4 Å². The summed E-state index contributed by atoms with van der Waals surface area (Å²) in [5, 5.41) is 0. The van der Waals surface area contributed by atoms with Crippen LogP contribution in [0.4, 0.5) is 52.7 Å². The van der Waals surface area contributed by atoms with Crippen LogP contribution in [0.2, 0.25) is 0 Å². The number of thiophene rings is 2. The summed E-state index contributed by atoms with van der Waals surface area (Å²) in [6.45, 7) is 2.26. The Bertz CT molecular complexity index is 2060. The van der Waals surface area contributed by atoms with Gasteiger partial charge in [-0.3, -0.25) is 0 Å². The molecule has 2 aromatic heterocycles. The SMILES string of the molecule is Cc1sc(C2C=C(OS(=O)(=O)C(F)(F)F)C=CN2C)cc1C1=C(c2cc(C3C=C(OS(=O)(=O)C(F)(F)F)C=CN3C)sc2C)C(F)(F)C(F)(F)C1(F)F. The molecule has 0 saturated carbocycles. The fourth-order valence-corrected chi connectivity index (χ4v) is 8.71. The Kier molecular flexibility index (Phi) is 9.73. The molecule has 2 aromatic rings. The molecule has 53 heavy (non-hydrogen) atoms. The lowest BCUT2D eigenvalue weighted by molar-refractivity contribution is -0.254. The highest BCUT2D eigenvalue weighted by Crippen LogP contribution is 2.66. The topological polar surface area (TPSA) is 93.2 Å². The van der Waals surface area contributed by atoms with E-state index in [4.69, 9.17) is 0 Å². The molecule has 8 nitrogen and oxygen atoms in total. The number of aryl methyl sites for hydroxylation is 2. The van der Waals surface area contributed by atoms with Crippen molar-refractivity contribution in [2.75, 3.05) is 14.1 Å². The average Bonchev–Trinajstić information content (AvgIpc) is 3.59. The molecule has 3 aliphatic rings. The standard InChI is InChI=1S/C29H22F12N2O6S4/c1-13-17(11-21(50-13)19-9-15(5-7-42(19)3)48-52(44,45)28(36,37)38)23-24(26(32,33)27(34,35)25(23,30)31)18-12-22(51-14(18)2)20-10-16(6-8-43(20)4)49-53(46,47)29(39,40)41/h5-12,19-20H,1-4H3. The predicted octanol–water partition coefficient (Wildman–Crippen LogP) is 8.76. The number of allylic oxidation sites excluding steroid dienone is 4. The second-order valence-electron chi connectivity index (χ2n) is 11.7. The van der Waals surface area contributed by atoms with Crippen molar-refractivity contribution < 1.29 is 77.9 Å². The van der Waals surface area contributed by atoms with Gasteiger partial charge in [0, 0.05) is 57.2 Å². The van der Waals surface area contributed by atoms with E-state index in [0.717, 1.165) is 62.7 Å². The first-order valence-electron chi connectivity index (χ1n) is 14.3. The maximum Gasteiger partial charge on any atom is 0.534 e. The van der Waals surface area contributed by atoms with Gasteiger partial charge in [-0.05, 0) is 61.4 Å². The average molecular weight is 851 g/mol. The van der Waals surface area contributed by atoms with E-state index >= 15 is 26.3 Å². The third-order valence-corrected chi connectivity index (χ3v) is 12.3. The van der Waals surface area contributed by atoms with Crippen molar-refractivity contribution in [3.63, 3.8) is 0 Å². The van der Waals surface area contributed by atoms with E-state index in [1.807, 2.05) is 0 Å². The molecule has 1 aliphatic carbocycles. The summed E-state index contributed by atoms with van der Waals surface area (Å²) in [6, 6.07) is -0.846. The lowest BCUT2D eigenvalue weighted by Crippen LogP contribution is -2.48. The predicted molar refractivity (Wildman–Crippen MR) is 167 cm³/mol. The highest BCUT2D eigenvalue weighted by molar-refractivity contribution is 7.88. The summed E-state index contributed by atoms with van der Waals surface area (Å²) in [5.74, 6) is -18.8. The Labute approximate surface area is 300 Å². The second-order valence-corrected chi connectivity index (χ2v) is 17.3. The summed E-state index contributed by atoms with van der Waals surface area (Å²) >= 11 is 1.21. The maximum atomic E-state index is 15.7. The van der Waals surface area contributed by atoms with Crippen LogP contribution in [-0.4, -0.2) is 69.5 Å². The summed E-state index contributed by atoms with van der Waals surface area (Å²) in [4.78, 5) is 1.90. The minimum Gasteiger partial charge on any atom is -0.376 e. The monoisotopic (exact) mass is 850 g/mol. The zero-order chi connectivity index (χ0) is 40.1. The fraction of sp³-hybridized carbons (Fsp3) is 0.379. The molecule has 0 radical (unpaired) electrons. The number of halogens is 12. The Morgan fingerprint density at radius 2 is 0.962 bits per heavy atom. The van der Waals surface area contributed by atoms with Crippen molar-refractivity contribution >= 4 is 54.1 Å². The zero-order valence-corrected chi connectivity index (χ0v) is 30.1. The minimum absolute atomic E-state index is 0.0825. The van der Waals surface area contributed by atoms with Crippen molar-refractivity contribution in [3.05, 3.63) is 91.0 Å². The first kappa shape index (κ1) is 40.5. The van der Waals surface area contributed by atoms with Gasteiger partial charge in [0.1, 0.15) is 11.5 Å². The number of nitrogens with zero attached hydrogens (tertiary/aromatic N) is 2. The van der Waals surface area contributed by atoms with E-state index in [2.05, 4.69) is 8.37 Å². The highest BCUT2D eigenvalue weighted by Gasteiger charge is 2.80. The van der Waals surface area contributed by atoms with Crippen molar-refractivity contribution in [1.29, 1.82) is 0 Å². The molecule has 4 heterocycles. The molecule has 0 N–H and O–H groups in total. The van der Waals surface area contributed by atoms with Gasteiger partial charge in [0.15, 0.2) is 0 Å². The summed E-state index contributed by atoms with van der Waals surface area (Å²) in [7, 11) is -9.63. The molecule has 0 fully saturated rings. The van der Waals surface area contributed by atoms with Crippen molar-refractivity contribution in [2.45, 2.75) is 54.7 Å². The largest absolute Gasteiger partial charge is 0.534 e. The Hall–Kier alpha value is -3.64. The van der Waals surface area contributed by atoms with Gasteiger partial charge in [-0.1, -0.05) is 0 Å². The molecule has 0 bridgehead atoms. The lowest BCUT2D eigenvalue weighted by Gasteiger charge is -2.27. The minimum atomic E-state index is -6.14. The maximum absolute atomic E-state index is 15.7. The van der Waals surface area contributed by atoms with Gasteiger partial charge in [-0.15, -0.1) is 22.7 Å². The van der Waals surface area contributed by atoms with Gasteiger partial charge >= 0.3 is 49.0 Å². The van der Waals surface area contributed by atoms with Crippen LogP contribution >= 0.6 is 22.7 Å². The molecule has 2 atom stereocenters. The van der Waals surface area contributed by atoms with Gasteiger partial charge in [-0.2, -0.15) is 69.5 Å². The molecule has 0 amide bonds. The van der Waals surface area contributed by atoms with Gasteiger partial charge in [0.25, 0.3) is 0 Å². The molecule has 2 unspecified atom stereocenters. The van der Waals surface area contributed by atoms with E-state index < -0.39 is 94.9 Å². The van der Waals surface area contributed by atoms with Crippen molar-refractivity contribution in [2.24, 2.45) is 0 Å². The zero-order valence-electron chi connectivity index (χ0n) is 26.8. The van der Waals surface area contributed by atoms with Crippen LogP contribution in [0.5, 0.6) is 0 Å². The summed E-state index contributed by atoms with van der Waals surface area (Å²) in [5.41, 5.74) is -16.8. The van der Waals surface area contributed by atoms with E-state index in [9.17, 15) is 43.2 Å². The third kappa shape index (κ3) is 6.72.